The highest BCUT2D eigenvalue weighted by Gasteiger charge is 2.05. The normalized spacial score (nSPS) is 10.9. The van der Waals surface area contributed by atoms with E-state index in [1.165, 1.54) is 4.40 Å². The van der Waals surface area contributed by atoms with Crippen LogP contribution in [0.25, 0.3) is 5.65 Å². The van der Waals surface area contributed by atoms with E-state index in [4.69, 9.17) is 5.11 Å². The van der Waals surface area contributed by atoms with Gasteiger partial charge in [0, 0.05) is 19.2 Å². The summed E-state index contributed by atoms with van der Waals surface area (Å²) in [6.07, 6.45) is 0.652. The van der Waals surface area contributed by atoms with Crippen molar-refractivity contribution in [3.8, 4) is 0 Å². The van der Waals surface area contributed by atoms with E-state index in [1.54, 1.807) is 13.0 Å². The quantitative estimate of drug-likeness (QED) is 0.608. The molecule has 0 fully saturated rings. The molecule has 2 rings (SSSR count). The molecule has 16 heavy (non-hydrogen) atoms. The van der Waals surface area contributed by atoms with Gasteiger partial charge in [0.25, 0.3) is 0 Å². The van der Waals surface area contributed by atoms with Gasteiger partial charge >= 0.3 is 5.69 Å². The molecular formula is C9H13N5O2. The van der Waals surface area contributed by atoms with Gasteiger partial charge in [-0.15, -0.1) is 0 Å². The van der Waals surface area contributed by atoms with Crippen molar-refractivity contribution in [2.24, 2.45) is 0 Å². The average molecular weight is 223 g/mol. The van der Waals surface area contributed by atoms with Crippen LogP contribution in [0.15, 0.2) is 10.9 Å². The number of rotatable bonds is 4. The number of aliphatic hydroxyl groups is 1. The van der Waals surface area contributed by atoms with Gasteiger partial charge in [-0.05, 0) is 13.3 Å². The molecule has 86 valence electrons. The fourth-order valence-corrected chi connectivity index (χ4v) is 1.48. The Morgan fingerprint density at radius 3 is 3.19 bits per heavy atom. The minimum absolute atomic E-state index is 0.135. The van der Waals surface area contributed by atoms with E-state index in [9.17, 15) is 4.79 Å². The lowest BCUT2D eigenvalue weighted by molar-refractivity contribution is 0.292. The number of nitrogens with zero attached hydrogens (tertiary/aromatic N) is 3. The fourth-order valence-electron chi connectivity index (χ4n) is 1.48. The van der Waals surface area contributed by atoms with Crippen molar-refractivity contribution in [1.82, 2.24) is 19.6 Å². The van der Waals surface area contributed by atoms with Gasteiger partial charge in [-0.1, -0.05) is 0 Å². The first-order chi connectivity index (χ1) is 7.72. The van der Waals surface area contributed by atoms with Gasteiger partial charge in [-0.25, -0.2) is 19.3 Å². The maximum atomic E-state index is 11.3. The second-order valence-electron chi connectivity index (χ2n) is 3.41. The molecule has 7 heteroatoms. The molecule has 0 aromatic carbocycles. The molecule has 0 aliphatic heterocycles. The Morgan fingerprint density at radius 2 is 2.44 bits per heavy atom. The van der Waals surface area contributed by atoms with Crippen LogP contribution in [0.5, 0.6) is 0 Å². The second-order valence-corrected chi connectivity index (χ2v) is 3.41. The molecule has 0 atom stereocenters. The molecule has 7 nitrogen and oxygen atoms in total. The summed E-state index contributed by atoms with van der Waals surface area (Å²) in [4.78, 5) is 15.5. The Hall–Kier alpha value is -1.89. The molecule has 0 aliphatic rings. The van der Waals surface area contributed by atoms with Gasteiger partial charge in [0.15, 0.2) is 5.65 Å². The first kappa shape index (κ1) is 10.6. The zero-order valence-corrected chi connectivity index (χ0v) is 8.90. The Balaban J connectivity index is 2.32. The topological polar surface area (TPSA) is 95.3 Å². The maximum Gasteiger partial charge on any atom is 0.349 e. The lowest BCUT2D eigenvalue weighted by Gasteiger charge is -2.05. The summed E-state index contributed by atoms with van der Waals surface area (Å²) in [7, 11) is 0. The number of nitrogens with one attached hydrogen (secondary N) is 2. The third-order valence-electron chi connectivity index (χ3n) is 2.21. The van der Waals surface area contributed by atoms with Crippen LogP contribution in [-0.4, -0.2) is 37.8 Å². The Labute approximate surface area is 91.1 Å². The Bertz CT molecular complexity index is 544. The van der Waals surface area contributed by atoms with E-state index < -0.39 is 0 Å². The van der Waals surface area contributed by atoms with Crippen LogP contribution < -0.4 is 11.0 Å². The van der Waals surface area contributed by atoms with Gasteiger partial charge in [-0.2, -0.15) is 5.10 Å². The summed E-state index contributed by atoms with van der Waals surface area (Å²) in [5, 5.41) is 17.9. The first-order valence-electron chi connectivity index (χ1n) is 5.02. The van der Waals surface area contributed by atoms with E-state index >= 15 is 0 Å². The summed E-state index contributed by atoms with van der Waals surface area (Å²) in [5.74, 6) is 1.22. The fraction of sp³-hybridized carbons (Fsp3) is 0.444. The first-order valence-corrected chi connectivity index (χ1v) is 5.02. The number of fused-ring (bicyclic) bond motifs is 1. The predicted octanol–water partition coefficient (Wildman–Crippen LogP) is -0.480. The molecule has 3 N–H and O–H groups in total. The summed E-state index contributed by atoms with van der Waals surface area (Å²) in [6, 6.07) is 1.68. The highest BCUT2D eigenvalue weighted by molar-refractivity contribution is 5.49. The highest BCUT2D eigenvalue weighted by atomic mass is 16.3. The lowest BCUT2D eigenvalue weighted by Crippen LogP contribution is -2.14. The summed E-state index contributed by atoms with van der Waals surface area (Å²) in [6.45, 7) is 2.50. The van der Waals surface area contributed by atoms with Crippen LogP contribution in [0.1, 0.15) is 12.2 Å². The SMILES string of the molecule is Cc1nc(NCCCO)cc2n[nH]c(=O)n12. The number of anilines is 1. The van der Waals surface area contributed by atoms with Crippen LogP contribution >= 0.6 is 0 Å². The van der Waals surface area contributed by atoms with Gasteiger partial charge in [0.05, 0.1) is 0 Å². The molecule has 0 radical (unpaired) electrons. The van der Waals surface area contributed by atoms with Crippen molar-refractivity contribution in [2.75, 3.05) is 18.5 Å². The molecule has 2 aromatic heterocycles. The zero-order chi connectivity index (χ0) is 11.5. The minimum Gasteiger partial charge on any atom is -0.396 e. The van der Waals surface area contributed by atoms with Crippen LogP contribution in [0, 0.1) is 6.92 Å². The number of hydrogen-bond acceptors (Lipinski definition) is 5. The van der Waals surface area contributed by atoms with Crippen LogP contribution in [-0.2, 0) is 0 Å². The number of aliphatic hydroxyl groups excluding tert-OH is 1. The molecule has 0 saturated heterocycles. The monoisotopic (exact) mass is 223 g/mol. The van der Waals surface area contributed by atoms with Gasteiger partial charge in [0.2, 0.25) is 0 Å². The van der Waals surface area contributed by atoms with E-state index in [0.29, 0.717) is 30.3 Å². The molecule has 0 unspecified atom stereocenters. The lowest BCUT2D eigenvalue weighted by atomic mass is 10.4. The largest absolute Gasteiger partial charge is 0.396 e. The Morgan fingerprint density at radius 1 is 1.62 bits per heavy atom. The highest BCUT2D eigenvalue weighted by Crippen LogP contribution is 2.07. The molecule has 0 aliphatic carbocycles. The van der Waals surface area contributed by atoms with Gasteiger partial charge in [-0.3, -0.25) is 0 Å². The van der Waals surface area contributed by atoms with Crippen molar-refractivity contribution in [3.05, 3.63) is 22.4 Å². The smallest absolute Gasteiger partial charge is 0.349 e. The van der Waals surface area contributed by atoms with E-state index in [-0.39, 0.29) is 12.3 Å². The average Bonchev–Trinajstić information content (AvgIpc) is 2.61. The van der Waals surface area contributed by atoms with E-state index in [2.05, 4.69) is 20.5 Å². The molecule has 0 amide bonds. The van der Waals surface area contributed by atoms with Crippen molar-refractivity contribution in [2.45, 2.75) is 13.3 Å². The molecule has 0 bridgehead atoms. The maximum absolute atomic E-state index is 11.3. The van der Waals surface area contributed by atoms with Gasteiger partial charge < -0.3 is 10.4 Å². The number of aromatic nitrogens is 4. The second kappa shape index (κ2) is 4.31. The summed E-state index contributed by atoms with van der Waals surface area (Å²) in [5.41, 5.74) is 0.242. The molecule has 2 heterocycles. The van der Waals surface area contributed by atoms with Crippen LogP contribution in [0.3, 0.4) is 0 Å². The molecule has 0 spiro atoms. The predicted molar refractivity (Wildman–Crippen MR) is 58.5 cm³/mol. The number of aryl methyl sites for hydroxylation is 1. The standard InChI is InChI=1S/C9H13N5O2/c1-6-11-7(10-3-2-4-15)5-8-12-13-9(16)14(6)8/h5,10,15H,2-4H2,1H3,(H,13,16). The van der Waals surface area contributed by atoms with Crippen molar-refractivity contribution < 1.29 is 5.11 Å². The summed E-state index contributed by atoms with van der Waals surface area (Å²) < 4.78 is 1.40. The van der Waals surface area contributed by atoms with Gasteiger partial charge in [0.1, 0.15) is 11.6 Å². The number of hydrogen-bond donors (Lipinski definition) is 3. The van der Waals surface area contributed by atoms with Crippen molar-refractivity contribution in [3.63, 3.8) is 0 Å². The molecular weight excluding hydrogens is 210 g/mol. The van der Waals surface area contributed by atoms with Crippen molar-refractivity contribution in [1.29, 1.82) is 0 Å². The molecule has 2 aromatic rings. The van der Waals surface area contributed by atoms with Crippen LogP contribution in [0.2, 0.25) is 0 Å². The molecule has 0 saturated carbocycles. The van der Waals surface area contributed by atoms with E-state index in [0.717, 1.165) is 0 Å². The van der Waals surface area contributed by atoms with Crippen LogP contribution in [0.4, 0.5) is 5.82 Å². The number of H-pyrrole nitrogens is 1. The third-order valence-corrected chi connectivity index (χ3v) is 2.21. The van der Waals surface area contributed by atoms with Crippen molar-refractivity contribution >= 4 is 11.5 Å². The third kappa shape index (κ3) is 1.89. The summed E-state index contributed by atoms with van der Waals surface area (Å²) >= 11 is 0. The van der Waals surface area contributed by atoms with E-state index in [1.807, 2.05) is 0 Å². The number of aromatic amines is 1. The zero-order valence-electron chi connectivity index (χ0n) is 8.90. The minimum atomic E-state index is -0.290. The Kier molecular flexibility index (Phi) is 2.86.